The number of hydrazine groups is 1. The van der Waals surface area contributed by atoms with Gasteiger partial charge in [-0.15, -0.1) is 0 Å². The molecule has 2 atom stereocenters. The quantitative estimate of drug-likeness (QED) is 0.489. The van der Waals surface area contributed by atoms with E-state index in [0.29, 0.717) is 18.7 Å². The van der Waals surface area contributed by atoms with E-state index < -0.39 is 12.2 Å². The van der Waals surface area contributed by atoms with Crippen LogP contribution in [0.1, 0.15) is 30.5 Å². The number of halogens is 1. The van der Waals surface area contributed by atoms with Crippen LogP contribution in [0.15, 0.2) is 84.9 Å². The zero-order valence-electron chi connectivity index (χ0n) is 22.7. The fraction of sp³-hybridized carbons (Fsp3) is 0.323. The molecule has 0 unspecified atom stereocenters. The topological polar surface area (TPSA) is 76.2 Å². The Bertz CT molecular complexity index is 1350. The number of benzene rings is 3. The van der Waals surface area contributed by atoms with Gasteiger partial charge in [-0.2, -0.15) is 0 Å². The van der Waals surface area contributed by atoms with Crippen molar-refractivity contribution in [1.29, 1.82) is 0 Å². The van der Waals surface area contributed by atoms with Crippen molar-refractivity contribution in [3.63, 3.8) is 0 Å². The lowest BCUT2D eigenvalue weighted by Crippen LogP contribution is -2.76. The molecule has 3 aromatic carbocycles. The molecule has 40 heavy (non-hydrogen) atoms. The number of hydrogen-bond donors (Lipinski definition) is 1. The summed E-state index contributed by atoms with van der Waals surface area (Å²) in [6, 6.07) is 24.3. The Kier molecular flexibility index (Phi) is 8.11. The van der Waals surface area contributed by atoms with Crippen LogP contribution in [0, 0.1) is 11.7 Å². The van der Waals surface area contributed by atoms with Crippen LogP contribution in [0.3, 0.4) is 0 Å². The lowest BCUT2D eigenvalue weighted by Gasteiger charge is -2.56. The van der Waals surface area contributed by atoms with E-state index in [2.05, 4.69) is 5.32 Å². The Morgan fingerprint density at radius 1 is 0.900 bits per heavy atom. The minimum Gasteiger partial charge on any atom is -0.333 e. The van der Waals surface area contributed by atoms with Crippen molar-refractivity contribution in [3.8, 4) is 0 Å². The molecule has 8 nitrogen and oxygen atoms in total. The second-order valence-corrected chi connectivity index (χ2v) is 10.6. The third kappa shape index (κ3) is 5.84. The predicted molar refractivity (Wildman–Crippen MR) is 148 cm³/mol. The van der Waals surface area contributed by atoms with Crippen molar-refractivity contribution < 1.29 is 18.8 Å². The van der Waals surface area contributed by atoms with E-state index in [-0.39, 0.29) is 49.2 Å². The van der Waals surface area contributed by atoms with Crippen LogP contribution >= 0.6 is 0 Å². The van der Waals surface area contributed by atoms with Gasteiger partial charge >= 0.3 is 6.03 Å². The summed E-state index contributed by atoms with van der Waals surface area (Å²) in [4.78, 5) is 44.5. The van der Waals surface area contributed by atoms with Crippen molar-refractivity contribution in [2.75, 3.05) is 13.1 Å². The number of carbonyl (C=O) groups excluding carboxylic acids is 3. The zero-order valence-corrected chi connectivity index (χ0v) is 22.7. The summed E-state index contributed by atoms with van der Waals surface area (Å²) < 4.78 is 14.0. The zero-order chi connectivity index (χ0) is 28.2. The molecule has 9 heteroatoms. The molecule has 0 aliphatic carbocycles. The predicted octanol–water partition coefficient (Wildman–Crippen LogP) is 3.99. The van der Waals surface area contributed by atoms with Gasteiger partial charge in [-0.25, -0.2) is 19.2 Å². The van der Waals surface area contributed by atoms with E-state index >= 15 is 0 Å². The largest absolute Gasteiger partial charge is 0.334 e. The van der Waals surface area contributed by atoms with Gasteiger partial charge in [0.05, 0.1) is 13.1 Å². The number of carbonyl (C=O) groups is 3. The molecule has 2 fully saturated rings. The second-order valence-electron chi connectivity index (χ2n) is 10.6. The molecule has 2 aliphatic heterocycles. The molecule has 0 spiro atoms. The normalized spacial score (nSPS) is 19.6. The van der Waals surface area contributed by atoms with Gasteiger partial charge in [-0.3, -0.25) is 9.59 Å². The Hall–Kier alpha value is -4.24. The molecule has 3 aromatic rings. The third-order valence-electron chi connectivity index (χ3n) is 7.36. The van der Waals surface area contributed by atoms with Crippen molar-refractivity contribution >= 4 is 17.8 Å². The maximum atomic E-state index is 14.0. The highest BCUT2D eigenvalue weighted by molar-refractivity contribution is 5.91. The number of fused-ring (bicyclic) bond motifs is 1. The van der Waals surface area contributed by atoms with Crippen molar-refractivity contribution in [2.24, 2.45) is 5.92 Å². The van der Waals surface area contributed by atoms with Crippen LogP contribution in [0.5, 0.6) is 0 Å². The first-order chi connectivity index (χ1) is 19.3. The standard InChI is InChI=1S/C31H34FN5O3/c1-22(2)29-30(39)34(18-25-14-9-15-26(32)16-25)20-27-36(29)28(38)21-35(19-24-12-7-4-8-13-24)37(27)31(40)33-17-23-10-5-3-6-11-23/h3-16,22,27,29H,17-21H2,1-2H3,(H,33,40)/t27-,29-/m0/s1. The van der Waals surface area contributed by atoms with Crippen molar-refractivity contribution in [2.45, 2.75) is 45.7 Å². The molecule has 0 radical (unpaired) electrons. The summed E-state index contributed by atoms with van der Waals surface area (Å²) >= 11 is 0. The van der Waals surface area contributed by atoms with E-state index in [0.717, 1.165) is 11.1 Å². The SMILES string of the molecule is CC(C)[C@H]1C(=O)N(Cc2cccc(F)c2)C[C@H]2N1C(=O)CN(Cc1ccccc1)N2C(=O)NCc1ccccc1. The molecule has 208 valence electrons. The van der Waals surface area contributed by atoms with Crippen LogP contribution in [0.4, 0.5) is 9.18 Å². The smallest absolute Gasteiger partial charge is 0.333 e. The van der Waals surface area contributed by atoms with E-state index in [4.69, 9.17) is 0 Å². The molecular weight excluding hydrogens is 509 g/mol. The highest BCUT2D eigenvalue weighted by atomic mass is 19.1. The summed E-state index contributed by atoms with van der Waals surface area (Å²) in [6.07, 6.45) is -0.723. The number of piperazine rings is 1. The minimum atomic E-state index is -0.747. The van der Waals surface area contributed by atoms with Crippen molar-refractivity contribution in [3.05, 3.63) is 107 Å². The Morgan fingerprint density at radius 2 is 1.55 bits per heavy atom. The molecule has 4 amide bonds. The summed E-state index contributed by atoms with van der Waals surface area (Å²) in [6.45, 7) is 4.70. The lowest BCUT2D eigenvalue weighted by molar-refractivity contribution is -0.195. The number of rotatable bonds is 7. The van der Waals surface area contributed by atoms with Gasteiger partial charge in [-0.05, 0) is 34.7 Å². The molecule has 1 N–H and O–H groups in total. The van der Waals surface area contributed by atoms with Crippen LogP contribution in [-0.4, -0.2) is 63.0 Å². The maximum absolute atomic E-state index is 14.0. The molecule has 2 saturated heterocycles. The number of nitrogens with zero attached hydrogens (tertiary/aromatic N) is 4. The number of amides is 4. The van der Waals surface area contributed by atoms with Crippen LogP contribution in [0.25, 0.3) is 0 Å². The second kappa shape index (κ2) is 11.9. The number of nitrogens with one attached hydrogen (secondary N) is 1. The van der Waals surface area contributed by atoms with E-state index in [1.165, 1.54) is 12.1 Å². The minimum absolute atomic E-state index is 0.0372. The fourth-order valence-electron chi connectivity index (χ4n) is 5.53. The monoisotopic (exact) mass is 543 g/mol. The molecule has 2 aliphatic rings. The van der Waals surface area contributed by atoms with Crippen LogP contribution < -0.4 is 5.32 Å². The average molecular weight is 544 g/mol. The molecule has 0 bridgehead atoms. The van der Waals surface area contributed by atoms with Gasteiger partial charge in [-0.1, -0.05) is 86.6 Å². The first-order valence-corrected chi connectivity index (χ1v) is 13.6. The summed E-state index contributed by atoms with van der Waals surface area (Å²) in [7, 11) is 0. The Balaban J connectivity index is 1.49. The van der Waals surface area contributed by atoms with E-state index in [9.17, 15) is 18.8 Å². The first-order valence-electron chi connectivity index (χ1n) is 13.6. The highest BCUT2D eigenvalue weighted by Gasteiger charge is 2.52. The van der Waals surface area contributed by atoms with Gasteiger partial charge in [0.2, 0.25) is 11.8 Å². The Labute approximate surface area is 233 Å². The summed E-state index contributed by atoms with van der Waals surface area (Å²) in [5.74, 6) is -0.979. The highest BCUT2D eigenvalue weighted by Crippen LogP contribution is 2.31. The molecular formula is C31H34FN5O3. The van der Waals surface area contributed by atoms with Crippen molar-refractivity contribution in [1.82, 2.24) is 25.1 Å². The first kappa shape index (κ1) is 27.3. The van der Waals surface area contributed by atoms with E-state index in [1.54, 1.807) is 32.0 Å². The molecule has 5 rings (SSSR count). The van der Waals surface area contributed by atoms with Crippen LogP contribution in [-0.2, 0) is 29.2 Å². The van der Waals surface area contributed by atoms with Gasteiger partial charge in [0.15, 0.2) is 0 Å². The molecule has 0 aromatic heterocycles. The van der Waals surface area contributed by atoms with Crippen LogP contribution in [0.2, 0.25) is 0 Å². The number of hydrogen-bond acceptors (Lipinski definition) is 4. The fourth-order valence-corrected chi connectivity index (χ4v) is 5.53. The maximum Gasteiger partial charge on any atom is 0.334 e. The Morgan fingerprint density at radius 3 is 2.20 bits per heavy atom. The van der Waals surface area contributed by atoms with Gasteiger partial charge in [0.1, 0.15) is 18.0 Å². The van der Waals surface area contributed by atoms with E-state index in [1.807, 2.05) is 74.5 Å². The summed E-state index contributed by atoms with van der Waals surface area (Å²) in [5.41, 5.74) is 2.54. The lowest BCUT2D eigenvalue weighted by atomic mass is 9.95. The number of urea groups is 1. The third-order valence-corrected chi connectivity index (χ3v) is 7.36. The summed E-state index contributed by atoms with van der Waals surface area (Å²) in [5, 5.41) is 6.37. The molecule has 2 heterocycles. The molecule has 0 saturated carbocycles. The van der Waals surface area contributed by atoms with Gasteiger partial charge in [0.25, 0.3) is 0 Å². The average Bonchev–Trinajstić information content (AvgIpc) is 2.94. The van der Waals surface area contributed by atoms with Gasteiger partial charge < -0.3 is 15.1 Å². The van der Waals surface area contributed by atoms with Gasteiger partial charge in [0, 0.05) is 19.6 Å².